The van der Waals surface area contributed by atoms with Gasteiger partial charge in [-0.25, -0.2) is 4.68 Å². The van der Waals surface area contributed by atoms with Gasteiger partial charge in [0.2, 0.25) is 5.91 Å². The molecule has 1 aliphatic rings. The number of carbonyl (C=O) groups is 1. The predicted molar refractivity (Wildman–Crippen MR) is 82.8 cm³/mol. The molecule has 0 aliphatic carbocycles. The fourth-order valence-electron chi connectivity index (χ4n) is 2.38. The Kier molecular flexibility index (Phi) is 6.87. The highest BCUT2D eigenvalue weighted by atomic mass is 16.5. The van der Waals surface area contributed by atoms with Gasteiger partial charge in [0.1, 0.15) is 5.82 Å². The van der Waals surface area contributed by atoms with Gasteiger partial charge in [-0.1, -0.05) is 0 Å². The molecule has 23 heavy (non-hydrogen) atoms. The van der Waals surface area contributed by atoms with Crippen molar-refractivity contribution in [2.24, 2.45) is 0 Å². The number of nitrogens with one attached hydrogen (secondary N) is 1. The van der Waals surface area contributed by atoms with Crippen LogP contribution >= 0.6 is 0 Å². The number of hydrogen-bond donors (Lipinski definition) is 1. The Morgan fingerprint density at radius 3 is 3.04 bits per heavy atom. The zero-order valence-corrected chi connectivity index (χ0v) is 14.1. The molecule has 0 radical (unpaired) electrons. The number of likely N-dealkylation sites (N-methyl/N-ethyl adjacent to an activating group) is 1. The highest BCUT2D eigenvalue weighted by Crippen LogP contribution is 2.12. The second-order valence-electron chi connectivity index (χ2n) is 5.95. The Labute approximate surface area is 136 Å². The first kappa shape index (κ1) is 17.8. The maximum atomic E-state index is 12.1. The van der Waals surface area contributed by atoms with Gasteiger partial charge in [-0.15, -0.1) is 5.10 Å². The lowest BCUT2D eigenvalue weighted by Crippen LogP contribution is -2.51. The van der Waals surface area contributed by atoms with Crippen molar-refractivity contribution < 1.29 is 14.3 Å². The van der Waals surface area contributed by atoms with Crippen molar-refractivity contribution in [3.63, 3.8) is 0 Å². The Balaban J connectivity index is 1.76. The van der Waals surface area contributed by atoms with Gasteiger partial charge in [0, 0.05) is 19.6 Å². The molecule has 9 nitrogen and oxygen atoms in total. The fourth-order valence-corrected chi connectivity index (χ4v) is 2.38. The molecule has 1 N–H and O–H groups in total. The van der Waals surface area contributed by atoms with Crippen molar-refractivity contribution in [1.29, 1.82) is 0 Å². The summed E-state index contributed by atoms with van der Waals surface area (Å²) >= 11 is 0. The summed E-state index contributed by atoms with van der Waals surface area (Å²) in [6.45, 7) is 4.93. The summed E-state index contributed by atoms with van der Waals surface area (Å²) in [5, 5.41) is 14.2. The minimum atomic E-state index is -0.103. The van der Waals surface area contributed by atoms with E-state index in [1.165, 1.54) is 0 Å². The quantitative estimate of drug-likeness (QED) is 0.670. The SMILES string of the molecule is Cc1nnnn1CCC(=O)N[C@H]1COCC[C@H]1OCCN(C)C. The molecule has 0 unspecified atom stereocenters. The van der Waals surface area contributed by atoms with Crippen LogP contribution in [0.5, 0.6) is 0 Å². The van der Waals surface area contributed by atoms with Crippen LogP contribution in [0.25, 0.3) is 0 Å². The standard InChI is InChI=1S/C14H26N6O3/c1-11-16-17-18-20(11)6-4-14(21)15-12-10-22-8-5-13(12)23-9-7-19(2)3/h12-13H,4-10H2,1-3H3,(H,15,21)/t12-,13+/m0/s1. The number of amides is 1. The topological polar surface area (TPSA) is 94.4 Å². The van der Waals surface area contributed by atoms with E-state index in [2.05, 4.69) is 25.7 Å². The van der Waals surface area contributed by atoms with Crippen LogP contribution in [0.3, 0.4) is 0 Å². The van der Waals surface area contributed by atoms with E-state index in [1.54, 1.807) is 4.68 Å². The first-order valence-electron chi connectivity index (χ1n) is 7.92. The average molecular weight is 326 g/mol. The van der Waals surface area contributed by atoms with Crippen LogP contribution in [-0.2, 0) is 20.8 Å². The monoisotopic (exact) mass is 326 g/mol. The van der Waals surface area contributed by atoms with Crippen LogP contribution in [0, 0.1) is 6.92 Å². The van der Waals surface area contributed by atoms with Crippen molar-refractivity contribution in [3.05, 3.63) is 5.82 Å². The number of aryl methyl sites for hydroxylation is 2. The van der Waals surface area contributed by atoms with Crippen LogP contribution in [0.15, 0.2) is 0 Å². The molecule has 2 atom stereocenters. The van der Waals surface area contributed by atoms with Gasteiger partial charge in [-0.05, 0) is 37.9 Å². The van der Waals surface area contributed by atoms with Crippen molar-refractivity contribution in [3.8, 4) is 0 Å². The third-order valence-electron chi connectivity index (χ3n) is 3.77. The maximum absolute atomic E-state index is 12.1. The van der Waals surface area contributed by atoms with Gasteiger partial charge in [0.15, 0.2) is 0 Å². The molecule has 1 aromatic heterocycles. The molecule has 0 bridgehead atoms. The van der Waals surface area contributed by atoms with E-state index in [-0.39, 0.29) is 18.1 Å². The minimum absolute atomic E-state index is 0.00224. The number of ether oxygens (including phenoxy) is 2. The summed E-state index contributed by atoms with van der Waals surface area (Å²) in [7, 11) is 4.02. The number of aromatic nitrogens is 4. The molecule has 1 aliphatic heterocycles. The molecule has 2 heterocycles. The molecule has 0 aromatic carbocycles. The lowest BCUT2D eigenvalue weighted by Gasteiger charge is -2.32. The number of carbonyl (C=O) groups excluding carboxylic acids is 1. The zero-order valence-electron chi connectivity index (χ0n) is 14.1. The first-order valence-corrected chi connectivity index (χ1v) is 7.92. The molecular formula is C14H26N6O3. The Bertz CT molecular complexity index is 493. The van der Waals surface area contributed by atoms with Crippen LogP contribution in [0.2, 0.25) is 0 Å². The van der Waals surface area contributed by atoms with Crippen LogP contribution in [0.1, 0.15) is 18.7 Å². The van der Waals surface area contributed by atoms with E-state index in [4.69, 9.17) is 9.47 Å². The van der Waals surface area contributed by atoms with Gasteiger partial charge in [-0.3, -0.25) is 4.79 Å². The predicted octanol–water partition coefficient (Wildman–Crippen LogP) is -0.776. The number of nitrogens with zero attached hydrogens (tertiary/aromatic N) is 5. The summed E-state index contributed by atoms with van der Waals surface area (Å²) in [6.07, 6.45) is 1.12. The fraction of sp³-hybridized carbons (Fsp3) is 0.857. The molecule has 1 fully saturated rings. The van der Waals surface area contributed by atoms with E-state index in [0.29, 0.717) is 38.6 Å². The van der Waals surface area contributed by atoms with Crippen molar-refractivity contribution >= 4 is 5.91 Å². The molecule has 1 aromatic rings. The summed E-state index contributed by atoms with van der Waals surface area (Å²) in [4.78, 5) is 14.2. The van der Waals surface area contributed by atoms with Crippen molar-refractivity contribution in [2.45, 2.75) is 38.5 Å². The molecule has 0 spiro atoms. The summed E-state index contributed by atoms with van der Waals surface area (Å²) < 4.78 is 13.0. The molecule has 9 heteroatoms. The Hall–Kier alpha value is -1.58. The van der Waals surface area contributed by atoms with Gasteiger partial charge in [0.25, 0.3) is 0 Å². The largest absolute Gasteiger partial charge is 0.379 e. The van der Waals surface area contributed by atoms with E-state index < -0.39 is 0 Å². The van der Waals surface area contributed by atoms with Crippen LogP contribution in [-0.4, -0.2) is 83.6 Å². The molecule has 0 saturated carbocycles. The molecule has 130 valence electrons. The van der Waals surface area contributed by atoms with E-state index >= 15 is 0 Å². The lowest BCUT2D eigenvalue weighted by molar-refractivity contribution is -0.126. The van der Waals surface area contributed by atoms with Crippen LogP contribution in [0.4, 0.5) is 0 Å². The maximum Gasteiger partial charge on any atom is 0.222 e. The number of hydrogen-bond acceptors (Lipinski definition) is 7. The van der Waals surface area contributed by atoms with Gasteiger partial charge in [0.05, 0.1) is 31.9 Å². The highest BCUT2D eigenvalue weighted by molar-refractivity contribution is 5.76. The van der Waals surface area contributed by atoms with Crippen LogP contribution < -0.4 is 5.32 Å². The van der Waals surface area contributed by atoms with E-state index in [1.807, 2.05) is 21.0 Å². The normalized spacial score (nSPS) is 21.6. The van der Waals surface area contributed by atoms with E-state index in [9.17, 15) is 4.79 Å². The Morgan fingerprint density at radius 1 is 1.52 bits per heavy atom. The second-order valence-corrected chi connectivity index (χ2v) is 5.95. The molecule has 1 amide bonds. The average Bonchev–Trinajstić information content (AvgIpc) is 2.92. The first-order chi connectivity index (χ1) is 11.1. The third kappa shape index (κ3) is 5.85. The van der Waals surface area contributed by atoms with Crippen molar-refractivity contribution in [1.82, 2.24) is 30.4 Å². The molecular weight excluding hydrogens is 300 g/mol. The van der Waals surface area contributed by atoms with Crippen molar-refractivity contribution in [2.75, 3.05) is 40.5 Å². The second kappa shape index (κ2) is 8.90. The third-order valence-corrected chi connectivity index (χ3v) is 3.77. The minimum Gasteiger partial charge on any atom is -0.379 e. The number of tetrazole rings is 1. The lowest BCUT2D eigenvalue weighted by atomic mass is 10.1. The van der Waals surface area contributed by atoms with Gasteiger partial charge < -0.3 is 19.7 Å². The van der Waals surface area contributed by atoms with E-state index in [0.717, 1.165) is 13.0 Å². The van der Waals surface area contributed by atoms with Gasteiger partial charge >= 0.3 is 0 Å². The highest BCUT2D eigenvalue weighted by Gasteiger charge is 2.27. The Morgan fingerprint density at radius 2 is 2.35 bits per heavy atom. The number of rotatable bonds is 8. The molecule has 1 saturated heterocycles. The van der Waals surface area contributed by atoms with Gasteiger partial charge in [-0.2, -0.15) is 0 Å². The zero-order chi connectivity index (χ0) is 16.7. The smallest absolute Gasteiger partial charge is 0.222 e. The summed E-state index contributed by atoms with van der Waals surface area (Å²) in [5.41, 5.74) is 0. The molecule has 2 rings (SSSR count). The summed E-state index contributed by atoms with van der Waals surface area (Å²) in [6, 6.07) is -0.103. The summed E-state index contributed by atoms with van der Waals surface area (Å²) in [5.74, 6) is 0.653.